The van der Waals surface area contributed by atoms with Gasteiger partial charge in [-0.1, -0.05) is 30.0 Å². The van der Waals surface area contributed by atoms with Crippen LogP contribution in [0.2, 0.25) is 0 Å². The average molecular weight is 237 g/mol. The molecule has 0 amide bonds. The van der Waals surface area contributed by atoms with Crippen LogP contribution in [-0.4, -0.2) is 21.2 Å². The summed E-state index contributed by atoms with van der Waals surface area (Å²) in [6.45, 7) is 0.515. The molecule has 2 N–H and O–H groups in total. The molecule has 16 heavy (non-hydrogen) atoms. The van der Waals surface area contributed by atoms with Crippen LogP contribution in [0.5, 0.6) is 0 Å². The Hall–Kier alpha value is -1.31. The number of benzene rings is 1. The monoisotopic (exact) mass is 237 g/mol. The van der Waals surface area contributed by atoms with E-state index in [0.717, 1.165) is 11.1 Å². The van der Waals surface area contributed by atoms with Crippen molar-refractivity contribution in [3.63, 3.8) is 0 Å². The van der Waals surface area contributed by atoms with E-state index >= 15 is 0 Å². The lowest BCUT2D eigenvalue weighted by molar-refractivity contribution is 0.601. The lowest BCUT2D eigenvalue weighted by atomic mass is 10.1. The lowest BCUT2D eigenvalue weighted by Gasteiger charge is -2.02. The first-order valence-electron chi connectivity index (χ1n) is 4.97. The van der Waals surface area contributed by atoms with Gasteiger partial charge in [-0.15, -0.1) is 0 Å². The maximum atomic E-state index is 11.2. The van der Waals surface area contributed by atoms with E-state index in [1.165, 1.54) is 6.26 Å². The van der Waals surface area contributed by atoms with Crippen LogP contribution in [-0.2, 0) is 15.6 Å². The highest BCUT2D eigenvalue weighted by molar-refractivity contribution is 7.89. The molecule has 1 aromatic rings. The zero-order valence-corrected chi connectivity index (χ0v) is 10.0. The second-order valence-electron chi connectivity index (χ2n) is 3.57. The van der Waals surface area contributed by atoms with Crippen LogP contribution in [0.1, 0.15) is 17.5 Å². The molecule has 0 unspecified atom stereocenters. The van der Waals surface area contributed by atoms with Gasteiger partial charge in [0.05, 0.1) is 5.75 Å². The fourth-order valence-electron chi connectivity index (χ4n) is 1.28. The predicted octanol–water partition coefficient (Wildman–Crippen LogP) is 0.932. The molecule has 0 saturated carbocycles. The molecule has 0 aliphatic rings. The van der Waals surface area contributed by atoms with Crippen molar-refractivity contribution < 1.29 is 8.42 Å². The van der Waals surface area contributed by atoms with E-state index in [4.69, 9.17) is 5.73 Å². The van der Waals surface area contributed by atoms with Gasteiger partial charge in [0.2, 0.25) is 0 Å². The highest BCUT2D eigenvalue weighted by Gasteiger charge is 2.07. The van der Waals surface area contributed by atoms with E-state index in [1.54, 1.807) is 6.07 Å². The summed E-state index contributed by atoms with van der Waals surface area (Å²) in [4.78, 5) is 0. The molecular weight excluding hydrogens is 222 g/mol. The number of rotatable bonds is 3. The quantitative estimate of drug-likeness (QED) is 0.796. The Bertz CT molecular complexity index is 509. The van der Waals surface area contributed by atoms with Crippen LogP contribution in [0, 0.1) is 11.8 Å². The summed E-state index contributed by atoms with van der Waals surface area (Å²) in [5.74, 6) is 5.88. The fraction of sp³-hybridized carbons (Fsp3) is 0.333. The summed E-state index contributed by atoms with van der Waals surface area (Å²) >= 11 is 0. The van der Waals surface area contributed by atoms with E-state index in [0.29, 0.717) is 13.0 Å². The first-order chi connectivity index (χ1) is 7.53. The third kappa shape index (κ3) is 4.47. The Labute approximate surface area is 96.6 Å². The molecule has 0 aliphatic heterocycles. The van der Waals surface area contributed by atoms with E-state index in [-0.39, 0.29) is 5.75 Å². The van der Waals surface area contributed by atoms with Crippen LogP contribution in [0.4, 0.5) is 0 Å². The van der Waals surface area contributed by atoms with Crippen molar-refractivity contribution in [1.82, 2.24) is 0 Å². The molecule has 0 bridgehead atoms. The minimum atomic E-state index is -3.02. The van der Waals surface area contributed by atoms with Gasteiger partial charge in [0.15, 0.2) is 9.84 Å². The largest absolute Gasteiger partial charge is 0.330 e. The molecule has 1 rings (SSSR count). The summed E-state index contributed by atoms with van der Waals surface area (Å²) in [6, 6.07) is 7.27. The second-order valence-corrected chi connectivity index (χ2v) is 5.71. The van der Waals surface area contributed by atoms with Crippen molar-refractivity contribution >= 4 is 9.84 Å². The van der Waals surface area contributed by atoms with Gasteiger partial charge in [-0.05, 0) is 11.6 Å². The lowest BCUT2D eigenvalue weighted by Crippen LogP contribution is -2.02. The van der Waals surface area contributed by atoms with Crippen molar-refractivity contribution in [2.75, 3.05) is 12.8 Å². The first kappa shape index (κ1) is 12.8. The fourth-order valence-corrected chi connectivity index (χ4v) is 2.10. The molecule has 0 spiro atoms. The van der Waals surface area contributed by atoms with Gasteiger partial charge in [-0.3, -0.25) is 0 Å². The standard InChI is InChI=1S/C12H15NO2S/c1-16(14,15)10-12-8-3-2-6-11(12)7-4-5-9-13/h2-3,6,8H,5,9-10,13H2,1H3. The smallest absolute Gasteiger partial charge is 0.151 e. The molecule has 0 fully saturated rings. The Kier molecular flexibility index (Phi) is 4.53. The normalized spacial score (nSPS) is 10.6. The molecule has 0 radical (unpaired) electrons. The number of sulfone groups is 1. The minimum Gasteiger partial charge on any atom is -0.330 e. The van der Waals surface area contributed by atoms with Crippen LogP contribution in [0.3, 0.4) is 0 Å². The zero-order chi connectivity index (χ0) is 12.0. The van der Waals surface area contributed by atoms with Crippen molar-refractivity contribution in [3.8, 4) is 11.8 Å². The molecule has 1 aromatic carbocycles. The van der Waals surface area contributed by atoms with E-state index in [2.05, 4.69) is 11.8 Å². The van der Waals surface area contributed by atoms with Crippen molar-refractivity contribution in [2.24, 2.45) is 5.73 Å². The Morgan fingerprint density at radius 2 is 2.00 bits per heavy atom. The molecule has 4 heteroatoms. The van der Waals surface area contributed by atoms with Crippen molar-refractivity contribution in [1.29, 1.82) is 0 Å². The van der Waals surface area contributed by atoms with Gasteiger partial charge in [0.1, 0.15) is 0 Å². The minimum absolute atomic E-state index is 0.0283. The Morgan fingerprint density at radius 1 is 1.31 bits per heavy atom. The molecule has 0 atom stereocenters. The highest BCUT2D eigenvalue weighted by Crippen LogP contribution is 2.10. The van der Waals surface area contributed by atoms with E-state index < -0.39 is 9.84 Å². The average Bonchev–Trinajstić information content (AvgIpc) is 2.19. The summed E-state index contributed by atoms with van der Waals surface area (Å²) in [5.41, 5.74) is 6.84. The predicted molar refractivity (Wildman–Crippen MR) is 65.5 cm³/mol. The Balaban J connectivity index is 2.98. The third-order valence-electron chi connectivity index (χ3n) is 1.93. The summed E-state index contributed by atoms with van der Waals surface area (Å²) in [6.07, 6.45) is 1.84. The van der Waals surface area contributed by atoms with Gasteiger partial charge in [0.25, 0.3) is 0 Å². The topological polar surface area (TPSA) is 60.2 Å². The summed E-state index contributed by atoms with van der Waals surface area (Å²) in [7, 11) is -3.02. The molecule has 3 nitrogen and oxygen atoms in total. The Morgan fingerprint density at radius 3 is 2.62 bits per heavy atom. The molecule has 0 heterocycles. The molecule has 0 aromatic heterocycles. The van der Waals surface area contributed by atoms with Crippen LogP contribution < -0.4 is 5.73 Å². The second kappa shape index (κ2) is 5.69. The molecule has 86 valence electrons. The van der Waals surface area contributed by atoms with Gasteiger partial charge in [-0.2, -0.15) is 0 Å². The van der Waals surface area contributed by atoms with Crippen molar-refractivity contribution in [3.05, 3.63) is 35.4 Å². The zero-order valence-electron chi connectivity index (χ0n) is 9.23. The maximum absolute atomic E-state index is 11.2. The molecule has 0 aliphatic carbocycles. The van der Waals surface area contributed by atoms with Gasteiger partial charge >= 0.3 is 0 Å². The number of nitrogens with two attached hydrogens (primary N) is 1. The molecule has 0 saturated heterocycles. The van der Waals surface area contributed by atoms with Crippen LogP contribution in [0.25, 0.3) is 0 Å². The SMILES string of the molecule is CS(=O)(=O)Cc1ccccc1C#CCCN. The van der Waals surface area contributed by atoms with E-state index in [1.807, 2.05) is 18.2 Å². The van der Waals surface area contributed by atoms with Crippen LogP contribution in [0.15, 0.2) is 24.3 Å². The van der Waals surface area contributed by atoms with Crippen molar-refractivity contribution in [2.45, 2.75) is 12.2 Å². The van der Waals surface area contributed by atoms with Gasteiger partial charge in [-0.25, -0.2) is 8.42 Å². The number of hydrogen-bond donors (Lipinski definition) is 1. The first-order valence-corrected chi connectivity index (χ1v) is 7.03. The third-order valence-corrected chi connectivity index (χ3v) is 2.76. The summed E-state index contributed by atoms with van der Waals surface area (Å²) in [5, 5.41) is 0. The summed E-state index contributed by atoms with van der Waals surface area (Å²) < 4.78 is 22.4. The number of hydrogen-bond acceptors (Lipinski definition) is 3. The highest BCUT2D eigenvalue weighted by atomic mass is 32.2. The van der Waals surface area contributed by atoms with Gasteiger partial charge in [0, 0.05) is 24.8 Å². The molecular formula is C12H15NO2S. The van der Waals surface area contributed by atoms with Gasteiger partial charge < -0.3 is 5.73 Å². The van der Waals surface area contributed by atoms with Crippen LogP contribution >= 0.6 is 0 Å². The van der Waals surface area contributed by atoms with E-state index in [9.17, 15) is 8.42 Å². The maximum Gasteiger partial charge on any atom is 0.151 e.